The number of hydrogen-bond donors (Lipinski definition) is 2. The molecule has 3 N–H and O–H groups in total. The summed E-state index contributed by atoms with van der Waals surface area (Å²) >= 11 is 0. The van der Waals surface area contributed by atoms with E-state index in [2.05, 4.69) is 10.2 Å². The zero-order valence-corrected chi connectivity index (χ0v) is 16.2. The highest BCUT2D eigenvalue weighted by Crippen LogP contribution is 2.31. The molecule has 5 heteroatoms. The fraction of sp³-hybridized carbons (Fsp3) is 0.435. The summed E-state index contributed by atoms with van der Waals surface area (Å²) in [6, 6.07) is 11.8. The molecule has 0 radical (unpaired) electrons. The largest absolute Gasteiger partial charge is 0.397 e. The van der Waals surface area contributed by atoms with Gasteiger partial charge in [-0.25, -0.2) is 4.39 Å². The molecule has 1 aliphatic heterocycles. The smallest absolute Gasteiger partial charge is 0.255 e. The summed E-state index contributed by atoms with van der Waals surface area (Å²) in [5.41, 5.74) is 8.25. The average molecular weight is 381 g/mol. The van der Waals surface area contributed by atoms with E-state index in [0.717, 1.165) is 18.3 Å². The fourth-order valence-electron chi connectivity index (χ4n) is 4.01. The van der Waals surface area contributed by atoms with Crippen LogP contribution in [0.15, 0.2) is 42.5 Å². The van der Waals surface area contributed by atoms with Gasteiger partial charge >= 0.3 is 0 Å². The van der Waals surface area contributed by atoms with Crippen LogP contribution < -0.4 is 11.1 Å². The Labute approximate surface area is 165 Å². The van der Waals surface area contributed by atoms with Crippen molar-refractivity contribution in [2.45, 2.75) is 32.1 Å². The number of nitrogens with one attached hydrogen (secondary N) is 1. The summed E-state index contributed by atoms with van der Waals surface area (Å²) in [5, 5.41) is 2.74. The quantitative estimate of drug-likeness (QED) is 0.733. The Morgan fingerprint density at radius 3 is 2.39 bits per heavy atom. The first-order valence-corrected chi connectivity index (χ1v) is 10.2. The van der Waals surface area contributed by atoms with Crippen molar-refractivity contribution in [2.24, 2.45) is 11.8 Å². The van der Waals surface area contributed by atoms with Crippen LogP contribution in [0.4, 0.5) is 15.8 Å². The number of carbonyl (C=O) groups is 1. The van der Waals surface area contributed by atoms with Gasteiger partial charge in [-0.15, -0.1) is 0 Å². The molecule has 4 nitrogen and oxygen atoms in total. The molecule has 2 aliphatic rings. The number of piperidine rings is 1. The number of halogens is 1. The number of nitrogens with zero attached hydrogens (tertiary/aromatic N) is 1. The van der Waals surface area contributed by atoms with Gasteiger partial charge < -0.3 is 16.0 Å². The summed E-state index contributed by atoms with van der Waals surface area (Å²) in [6.07, 6.45) is 6.45. The van der Waals surface area contributed by atoms with E-state index in [1.165, 1.54) is 69.1 Å². The van der Waals surface area contributed by atoms with Crippen molar-refractivity contribution >= 4 is 17.3 Å². The first-order valence-electron chi connectivity index (χ1n) is 10.2. The number of anilines is 2. The molecule has 1 saturated carbocycles. The minimum absolute atomic E-state index is 0.220. The van der Waals surface area contributed by atoms with Gasteiger partial charge in [0.25, 0.3) is 5.91 Å². The molecule has 0 aromatic heterocycles. The van der Waals surface area contributed by atoms with Crippen molar-refractivity contribution in [3.8, 4) is 0 Å². The average Bonchev–Trinajstić information content (AvgIpc) is 3.50. The van der Waals surface area contributed by atoms with Crippen molar-refractivity contribution in [1.29, 1.82) is 0 Å². The van der Waals surface area contributed by atoms with E-state index in [0.29, 0.717) is 11.3 Å². The van der Waals surface area contributed by atoms with Gasteiger partial charge in [-0.1, -0.05) is 12.1 Å². The second-order valence-corrected chi connectivity index (χ2v) is 8.27. The van der Waals surface area contributed by atoms with Crippen molar-refractivity contribution in [3.63, 3.8) is 0 Å². The number of benzene rings is 2. The van der Waals surface area contributed by atoms with E-state index in [4.69, 9.17) is 5.73 Å². The first-order chi connectivity index (χ1) is 13.6. The van der Waals surface area contributed by atoms with Crippen LogP contribution in [0.25, 0.3) is 0 Å². The molecule has 1 saturated heterocycles. The van der Waals surface area contributed by atoms with Crippen LogP contribution in [-0.4, -0.2) is 30.4 Å². The van der Waals surface area contributed by atoms with E-state index >= 15 is 0 Å². The number of nitrogens with two attached hydrogens (primary N) is 1. The van der Waals surface area contributed by atoms with Crippen molar-refractivity contribution < 1.29 is 9.18 Å². The van der Waals surface area contributed by atoms with Crippen molar-refractivity contribution in [2.75, 3.05) is 30.7 Å². The molecule has 0 atom stereocenters. The molecule has 1 heterocycles. The molecule has 4 rings (SSSR count). The van der Waals surface area contributed by atoms with Gasteiger partial charge in [0.15, 0.2) is 0 Å². The van der Waals surface area contributed by atoms with E-state index in [1.807, 2.05) is 24.3 Å². The minimum Gasteiger partial charge on any atom is -0.397 e. The van der Waals surface area contributed by atoms with E-state index in [1.54, 1.807) is 0 Å². The number of rotatable bonds is 6. The third kappa shape index (κ3) is 4.90. The Morgan fingerprint density at radius 1 is 1.04 bits per heavy atom. The van der Waals surface area contributed by atoms with Gasteiger partial charge in [0.05, 0.1) is 11.4 Å². The Bertz CT molecular complexity index is 824. The number of amides is 1. The molecule has 2 fully saturated rings. The third-order valence-corrected chi connectivity index (χ3v) is 5.92. The first kappa shape index (κ1) is 18.9. The molecule has 1 amide bonds. The summed E-state index contributed by atoms with van der Waals surface area (Å²) in [7, 11) is 0. The minimum atomic E-state index is -0.418. The second-order valence-electron chi connectivity index (χ2n) is 8.27. The molecule has 0 bridgehead atoms. The lowest BCUT2D eigenvalue weighted by molar-refractivity contribution is 0.102. The number of carbonyl (C=O) groups excluding carboxylic acids is 1. The fourth-order valence-corrected chi connectivity index (χ4v) is 4.01. The zero-order chi connectivity index (χ0) is 19.5. The third-order valence-electron chi connectivity index (χ3n) is 5.92. The molecular formula is C23H28FN3O. The number of likely N-dealkylation sites (tertiary alicyclic amines) is 1. The lowest BCUT2D eigenvalue weighted by Gasteiger charge is -2.32. The summed E-state index contributed by atoms with van der Waals surface area (Å²) in [5.74, 6) is 1.05. The number of hydrogen-bond acceptors (Lipinski definition) is 3. The van der Waals surface area contributed by atoms with E-state index in [-0.39, 0.29) is 11.6 Å². The van der Waals surface area contributed by atoms with Crippen LogP contribution >= 0.6 is 0 Å². The van der Waals surface area contributed by atoms with E-state index < -0.39 is 5.82 Å². The molecule has 2 aromatic carbocycles. The predicted molar refractivity (Wildman–Crippen MR) is 111 cm³/mol. The standard InChI is InChI=1S/C23H28FN3O/c24-20-7-8-22(21(25)14-20)26-23(28)19-5-3-16(4-6-19)13-17-9-11-27(12-10-17)15-18-1-2-18/h3-8,14,17-18H,1-2,9-13,15,25H2,(H,26,28). The van der Waals surface area contributed by atoms with Gasteiger partial charge in [0, 0.05) is 12.1 Å². The maximum atomic E-state index is 13.1. The molecule has 28 heavy (non-hydrogen) atoms. The highest BCUT2D eigenvalue weighted by atomic mass is 19.1. The predicted octanol–water partition coefficient (Wildman–Crippen LogP) is 4.32. The van der Waals surface area contributed by atoms with Crippen LogP contribution in [0.5, 0.6) is 0 Å². The molecule has 0 spiro atoms. The Kier molecular flexibility index (Phi) is 5.62. The molecule has 148 valence electrons. The topological polar surface area (TPSA) is 58.4 Å². The SMILES string of the molecule is Nc1cc(F)ccc1NC(=O)c1ccc(CC2CCN(CC3CC3)CC2)cc1. The number of nitrogen functional groups attached to an aromatic ring is 1. The monoisotopic (exact) mass is 381 g/mol. The lowest BCUT2D eigenvalue weighted by Crippen LogP contribution is -2.35. The van der Waals surface area contributed by atoms with Crippen LogP contribution in [-0.2, 0) is 6.42 Å². The Morgan fingerprint density at radius 2 is 1.75 bits per heavy atom. The second kappa shape index (κ2) is 8.31. The van der Waals surface area contributed by atoms with Crippen LogP contribution in [0.1, 0.15) is 41.6 Å². The van der Waals surface area contributed by atoms with Gasteiger partial charge in [-0.2, -0.15) is 0 Å². The van der Waals surface area contributed by atoms with Gasteiger partial charge in [-0.3, -0.25) is 4.79 Å². The lowest BCUT2D eigenvalue weighted by atomic mass is 9.90. The molecule has 0 unspecified atom stereocenters. The highest BCUT2D eigenvalue weighted by molar-refractivity contribution is 6.05. The summed E-state index contributed by atoms with van der Waals surface area (Å²) in [4.78, 5) is 15.0. The van der Waals surface area contributed by atoms with Crippen LogP contribution in [0, 0.1) is 17.7 Å². The van der Waals surface area contributed by atoms with Crippen LogP contribution in [0.2, 0.25) is 0 Å². The maximum absolute atomic E-state index is 13.1. The molecular weight excluding hydrogens is 353 g/mol. The van der Waals surface area contributed by atoms with Crippen LogP contribution in [0.3, 0.4) is 0 Å². The van der Waals surface area contributed by atoms with Gasteiger partial charge in [0.2, 0.25) is 0 Å². The molecule has 1 aliphatic carbocycles. The normalized spacial score (nSPS) is 18.2. The van der Waals surface area contributed by atoms with Gasteiger partial charge in [0.1, 0.15) is 5.82 Å². The van der Waals surface area contributed by atoms with Crippen molar-refractivity contribution in [1.82, 2.24) is 4.90 Å². The summed E-state index contributed by atoms with van der Waals surface area (Å²) < 4.78 is 13.1. The molecule has 2 aromatic rings. The maximum Gasteiger partial charge on any atom is 0.255 e. The zero-order valence-electron chi connectivity index (χ0n) is 16.2. The van der Waals surface area contributed by atoms with Crippen molar-refractivity contribution in [3.05, 3.63) is 59.4 Å². The van der Waals surface area contributed by atoms with Gasteiger partial charge in [-0.05, 0) is 92.9 Å². The Hall–Kier alpha value is -2.40. The highest BCUT2D eigenvalue weighted by Gasteiger charge is 2.27. The summed E-state index contributed by atoms with van der Waals surface area (Å²) in [6.45, 7) is 3.75. The van der Waals surface area contributed by atoms with E-state index in [9.17, 15) is 9.18 Å². The Balaban J connectivity index is 1.29.